The van der Waals surface area contributed by atoms with E-state index in [0.717, 1.165) is 29.8 Å². The van der Waals surface area contributed by atoms with Gasteiger partial charge in [0.05, 0.1) is 25.2 Å². The van der Waals surface area contributed by atoms with E-state index in [-0.39, 0.29) is 12.0 Å². The van der Waals surface area contributed by atoms with Crippen LogP contribution in [0.15, 0.2) is 29.2 Å². The van der Waals surface area contributed by atoms with Crippen molar-refractivity contribution in [2.24, 2.45) is 0 Å². The van der Waals surface area contributed by atoms with Crippen molar-refractivity contribution in [3.05, 3.63) is 29.8 Å². The number of ether oxygens (including phenoxy) is 1. The molecule has 1 aliphatic heterocycles. The lowest BCUT2D eigenvalue weighted by Gasteiger charge is -2.43. The van der Waals surface area contributed by atoms with E-state index >= 15 is 0 Å². The molecule has 1 aromatic rings. The van der Waals surface area contributed by atoms with Crippen molar-refractivity contribution in [1.29, 1.82) is 0 Å². The van der Waals surface area contributed by atoms with Crippen LogP contribution < -0.4 is 0 Å². The smallest absolute Gasteiger partial charge is 0.227 e. The van der Waals surface area contributed by atoms with Gasteiger partial charge in [-0.25, -0.2) is 0 Å². The molecule has 0 aromatic heterocycles. The molecule has 108 valence electrons. The van der Waals surface area contributed by atoms with Gasteiger partial charge < -0.3 is 9.64 Å². The lowest BCUT2D eigenvalue weighted by atomic mass is 9.90. The molecule has 1 saturated carbocycles. The second-order valence-corrected chi connectivity index (χ2v) is 6.21. The van der Waals surface area contributed by atoms with Crippen molar-refractivity contribution < 1.29 is 9.53 Å². The van der Waals surface area contributed by atoms with Gasteiger partial charge in [-0.2, -0.15) is 0 Å². The topological polar surface area (TPSA) is 29.5 Å². The van der Waals surface area contributed by atoms with Crippen LogP contribution in [0.3, 0.4) is 0 Å². The number of fused-ring (bicyclic) bond motifs is 1. The van der Waals surface area contributed by atoms with Crippen LogP contribution in [0.2, 0.25) is 0 Å². The third-order valence-electron chi connectivity index (χ3n) is 4.34. The minimum absolute atomic E-state index is 0.233. The number of nitrogens with zero attached hydrogens (tertiary/aromatic N) is 1. The Balaban J connectivity index is 1.67. The molecule has 1 aliphatic carbocycles. The monoisotopic (exact) mass is 291 g/mol. The summed E-state index contributed by atoms with van der Waals surface area (Å²) in [6.45, 7) is 1.42. The molecule has 1 heterocycles. The predicted octanol–water partition coefficient (Wildman–Crippen LogP) is 2.69. The first-order chi connectivity index (χ1) is 9.74. The molecular formula is C16H21NO2S. The highest BCUT2D eigenvalue weighted by Gasteiger charge is 2.36. The molecule has 2 fully saturated rings. The van der Waals surface area contributed by atoms with Gasteiger partial charge >= 0.3 is 0 Å². The summed E-state index contributed by atoms with van der Waals surface area (Å²) in [7, 11) is 0. The highest BCUT2D eigenvalue weighted by molar-refractivity contribution is 7.80. The summed E-state index contributed by atoms with van der Waals surface area (Å²) in [5, 5.41) is 0. The Labute approximate surface area is 125 Å². The fourth-order valence-corrected chi connectivity index (χ4v) is 3.45. The van der Waals surface area contributed by atoms with Gasteiger partial charge in [-0.3, -0.25) is 4.79 Å². The molecule has 0 radical (unpaired) electrons. The average Bonchev–Trinajstić information content (AvgIpc) is 2.49. The van der Waals surface area contributed by atoms with E-state index in [1.165, 1.54) is 12.8 Å². The van der Waals surface area contributed by atoms with Crippen LogP contribution in [0, 0.1) is 0 Å². The van der Waals surface area contributed by atoms with Crippen LogP contribution in [-0.4, -0.2) is 36.1 Å². The summed E-state index contributed by atoms with van der Waals surface area (Å²) >= 11 is 4.27. The van der Waals surface area contributed by atoms with Crippen LogP contribution in [0.25, 0.3) is 0 Å². The van der Waals surface area contributed by atoms with E-state index in [1.54, 1.807) is 0 Å². The summed E-state index contributed by atoms with van der Waals surface area (Å²) in [5.41, 5.74) is 1.06. The third kappa shape index (κ3) is 3.01. The van der Waals surface area contributed by atoms with Gasteiger partial charge in [0.2, 0.25) is 5.91 Å². The molecule has 1 amide bonds. The van der Waals surface area contributed by atoms with Crippen molar-refractivity contribution in [1.82, 2.24) is 4.90 Å². The molecular weight excluding hydrogens is 270 g/mol. The Hall–Kier alpha value is -1.00. The van der Waals surface area contributed by atoms with E-state index in [2.05, 4.69) is 17.5 Å². The molecule has 0 N–H and O–H groups in total. The van der Waals surface area contributed by atoms with Crippen molar-refractivity contribution in [2.75, 3.05) is 13.2 Å². The maximum Gasteiger partial charge on any atom is 0.227 e. The van der Waals surface area contributed by atoms with Gasteiger partial charge in [0.25, 0.3) is 0 Å². The molecule has 4 heteroatoms. The van der Waals surface area contributed by atoms with E-state index in [9.17, 15) is 4.79 Å². The fourth-order valence-electron chi connectivity index (χ4n) is 3.30. The molecule has 1 saturated heterocycles. The molecule has 2 atom stereocenters. The lowest BCUT2D eigenvalue weighted by Crippen LogP contribution is -2.55. The molecule has 2 aliphatic rings. The molecule has 2 unspecified atom stereocenters. The lowest BCUT2D eigenvalue weighted by molar-refractivity contribution is -0.148. The molecule has 1 aromatic carbocycles. The zero-order valence-corrected chi connectivity index (χ0v) is 12.5. The van der Waals surface area contributed by atoms with Crippen LogP contribution >= 0.6 is 12.6 Å². The SMILES string of the molecule is O=C(Cc1ccc(S)cc1)N1CCOC2CCCCC21. The minimum Gasteiger partial charge on any atom is -0.374 e. The first kappa shape index (κ1) is 14.0. The van der Waals surface area contributed by atoms with Crippen LogP contribution in [-0.2, 0) is 16.0 Å². The van der Waals surface area contributed by atoms with Crippen molar-refractivity contribution >= 4 is 18.5 Å². The summed E-state index contributed by atoms with van der Waals surface area (Å²) in [6.07, 6.45) is 5.38. The Morgan fingerprint density at radius 2 is 2.00 bits per heavy atom. The first-order valence-corrected chi connectivity index (χ1v) is 7.88. The second-order valence-electron chi connectivity index (χ2n) is 5.69. The van der Waals surface area contributed by atoms with Gasteiger partial charge in [0.1, 0.15) is 0 Å². The van der Waals surface area contributed by atoms with Gasteiger partial charge in [-0.15, -0.1) is 12.6 Å². The van der Waals surface area contributed by atoms with Crippen molar-refractivity contribution in [3.8, 4) is 0 Å². The van der Waals surface area contributed by atoms with Crippen LogP contribution in [0.5, 0.6) is 0 Å². The highest BCUT2D eigenvalue weighted by Crippen LogP contribution is 2.28. The molecule has 3 nitrogen and oxygen atoms in total. The molecule has 3 rings (SSSR count). The summed E-state index contributed by atoms with van der Waals surface area (Å²) in [5.74, 6) is 0.233. The fraction of sp³-hybridized carbons (Fsp3) is 0.562. The summed E-state index contributed by atoms with van der Waals surface area (Å²) in [6, 6.07) is 8.15. The minimum atomic E-state index is 0.233. The molecule has 0 bridgehead atoms. The molecule has 20 heavy (non-hydrogen) atoms. The Kier molecular flexibility index (Phi) is 4.32. The number of carbonyl (C=O) groups excluding carboxylic acids is 1. The quantitative estimate of drug-likeness (QED) is 0.849. The van der Waals surface area contributed by atoms with E-state index in [4.69, 9.17) is 4.74 Å². The summed E-state index contributed by atoms with van der Waals surface area (Å²) < 4.78 is 5.82. The number of hydrogen-bond acceptors (Lipinski definition) is 3. The normalized spacial score (nSPS) is 26.1. The zero-order chi connectivity index (χ0) is 13.9. The van der Waals surface area contributed by atoms with E-state index in [1.807, 2.05) is 24.3 Å². The number of benzene rings is 1. The number of carbonyl (C=O) groups is 1. The number of thiol groups is 1. The second kappa shape index (κ2) is 6.19. The van der Waals surface area contributed by atoms with Gasteiger partial charge in [0, 0.05) is 11.4 Å². The standard InChI is InChI=1S/C16H21NO2S/c18-16(11-12-5-7-13(20)8-6-12)17-9-10-19-15-4-2-1-3-14(15)17/h5-8,14-15,20H,1-4,9-11H2. The van der Waals surface area contributed by atoms with E-state index < -0.39 is 0 Å². The summed E-state index contributed by atoms with van der Waals surface area (Å²) in [4.78, 5) is 15.5. The van der Waals surface area contributed by atoms with Crippen LogP contribution in [0.4, 0.5) is 0 Å². The number of rotatable bonds is 2. The van der Waals surface area contributed by atoms with Gasteiger partial charge in [-0.05, 0) is 30.5 Å². The predicted molar refractivity (Wildman–Crippen MR) is 81.1 cm³/mol. The van der Waals surface area contributed by atoms with Gasteiger partial charge in [0.15, 0.2) is 0 Å². The van der Waals surface area contributed by atoms with Gasteiger partial charge in [-0.1, -0.05) is 25.0 Å². The van der Waals surface area contributed by atoms with Crippen molar-refractivity contribution in [2.45, 2.75) is 49.1 Å². The largest absolute Gasteiger partial charge is 0.374 e. The highest BCUT2D eigenvalue weighted by atomic mass is 32.1. The number of hydrogen-bond donors (Lipinski definition) is 1. The zero-order valence-electron chi connectivity index (χ0n) is 11.6. The van der Waals surface area contributed by atoms with Crippen LogP contribution in [0.1, 0.15) is 31.2 Å². The van der Waals surface area contributed by atoms with E-state index in [0.29, 0.717) is 19.1 Å². The Morgan fingerprint density at radius 1 is 1.25 bits per heavy atom. The average molecular weight is 291 g/mol. The Morgan fingerprint density at radius 3 is 2.80 bits per heavy atom. The Bertz CT molecular complexity index is 472. The third-order valence-corrected chi connectivity index (χ3v) is 4.64. The first-order valence-electron chi connectivity index (χ1n) is 7.43. The number of morpholine rings is 1. The molecule has 0 spiro atoms. The number of amides is 1. The maximum atomic E-state index is 12.6. The maximum absolute atomic E-state index is 12.6. The van der Waals surface area contributed by atoms with Crippen molar-refractivity contribution in [3.63, 3.8) is 0 Å².